The number of carbonyl (C=O) groups excluding carboxylic acids is 5. The number of nitrogens with one attached hydrogen (secondary N) is 2. The number of alkyl carbamates (subject to hydrolysis) is 1. The number of aryl methyl sites for hydroxylation is 2. The summed E-state index contributed by atoms with van der Waals surface area (Å²) in [6.45, 7) is 15.8. The van der Waals surface area contributed by atoms with Gasteiger partial charge in [0.1, 0.15) is 17.7 Å². The van der Waals surface area contributed by atoms with Crippen molar-refractivity contribution in [2.45, 2.75) is 98.4 Å². The summed E-state index contributed by atoms with van der Waals surface area (Å²) < 4.78 is 10.2. The van der Waals surface area contributed by atoms with Gasteiger partial charge in [0, 0.05) is 12.1 Å². The topological polar surface area (TPSA) is 157 Å². The van der Waals surface area contributed by atoms with Crippen LogP contribution in [-0.4, -0.2) is 65.0 Å². The first-order chi connectivity index (χ1) is 17.9. The van der Waals surface area contributed by atoms with Crippen molar-refractivity contribution in [3.05, 3.63) is 34.9 Å². The Morgan fingerprint density at radius 1 is 1.03 bits per heavy atom. The van der Waals surface area contributed by atoms with Gasteiger partial charge in [0.15, 0.2) is 0 Å². The molecule has 0 saturated heterocycles. The lowest BCUT2D eigenvalue weighted by Crippen LogP contribution is -2.59. The Kier molecular flexibility index (Phi) is 12.0. The molecule has 0 saturated carbocycles. The van der Waals surface area contributed by atoms with Crippen LogP contribution >= 0.6 is 0 Å². The Bertz CT molecular complexity index is 1060. The van der Waals surface area contributed by atoms with E-state index in [1.807, 2.05) is 26.0 Å². The molecule has 4 amide bonds. The largest absolute Gasteiger partial charge is 0.466 e. The molecule has 1 aromatic carbocycles. The van der Waals surface area contributed by atoms with Gasteiger partial charge < -0.3 is 30.7 Å². The Labute approximate surface area is 231 Å². The van der Waals surface area contributed by atoms with Crippen LogP contribution in [0, 0.1) is 13.8 Å². The molecule has 1 rings (SSSR count). The van der Waals surface area contributed by atoms with Crippen LogP contribution in [0.3, 0.4) is 0 Å². The molecule has 2 atom stereocenters. The summed E-state index contributed by atoms with van der Waals surface area (Å²) in [4.78, 5) is 65.4. The molecule has 0 aromatic heterocycles. The van der Waals surface area contributed by atoms with E-state index in [9.17, 15) is 24.0 Å². The van der Waals surface area contributed by atoms with Crippen molar-refractivity contribution < 1.29 is 33.4 Å². The number of amides is 4. The molecular formula is C28H44N4O7. The van der Waals surface area contributed by atoms with E-state index in [-0.39, 0.29) is 19.6 Å². The quantitative estimate of drug-likeness (QED) is 0.359. The maximum absolute atomic E-state index is 14.1. The standard InChI is InChI=1S/C28H44N4O7/c1-10-38-22(34)13-14-30-24(35)23(19-12-11-17(2)15-18(19)3)32(27(4,5)6)25(36)20(16-21(29)33)31-26(37)39-28(7,8)9/h11-12,15,20,23H,10,13-14,16H2,1-9H3,(H2,29,33)(H,30,35)(H,31,37). The highest BCUT2D eigenvalue weighted by molar-refractivity contribution is 5.95. The average Bonchev–Trinajstić information content (AvgIpc) is 2.74. The smallest absolute Gasteiger partial charge is 0.408 e. The van der Waals surface area contributed by atoms with Crippen LogP contribution in [0.15, 0.2) is 18.2 Å². The number of benzene rings is 1. The molecule has 0 aliphatic carbocycles. The van der Waals surface area contributed by atoms with Gasteiger partial charge >= 0.3 is 12.1 Å². The van der Waals surface area contributed by atoms with Gasteiger partial charge in [-0.15, -0.1) is 0 Å². The zero-order valence-electron chi connectivity index (χ0n) is 24.6. The van der Waals surface area contributed by atoms with Crippen molar-refractivity contribution in [1.29, 1.82) is 0 Å². The molecule has 39 heavy (non-hydrogen) atoms. The van der Waals surface area contributed by atoms with Crippen molar-refractivity contribution in [3.63, 3.8) is 0 Å². The van der Waals surface area contributed by atoms with Gasteiger partial charge in [-0.2, -0.15) is 0 Å². The Hall–Kier alpha value is -3.63. The fraction of sp³-hybridized carbons (Fsp3) is 0.607. The van der Waals surface area contributed by atoms with Crippen molar-refractivity contribution >= 4 is 29.8 Å². The third kappa shape index (κ3) is 10.9. The molecule has 0 radical (unpaired) electrons. The first kappa shape index (κ1) is 33.4. The van der Waals surface area contributed by atoms with Crippen LogP contribution in [0.25, 0.3) is 0 Å². The summed E-state index contributed by atoms with van der Waals surface area (Å²) in [5.41, 5.74) is 5.89. The molecule has 2 unspecified atom stereocenters. The molecule has 0 fully saturated rings. The minimum Gasteiger partial charge on any atom is -0.466 e. The van der Waals surface area contributed by atoms with E-state index in [1.165, 1.54) is 4.90 Å². The monoisotopic (exact) mass is 548 g/mol. The summed E-state index contributed by atoms with van der Waals surface area (Å²) in [5, 5.41) is 5.19. The fourth-order valence-corrected chi connectivity index (χ4v) is 4.01. The highest BCUT2D eigenvalue weighted by atomic mass is 16.6. The molecule has 0 spiro atoms. The summed E-state index contributed by atoms with van der Waals surface area (Å²) in [5.74, 6) is -2.52. The van der Waals surface area contributed by atoms with Gasteiger partial charge in [0.05, 0.1) is 19.4 Å². The van der Waals surface area contributed by atoms with Gasteiger partial charge in [0.2, 0.25) is 17.7 Å². The minimum atomic E-state index is -1.39. The van der Waals surface area contributed by atoms with E-state index in [1.54, 1.807) is 54.5 Å². The lowest BCUT2D eigenvalue weighted by Gasteiger charge is -2.43. The predicted molar refractivity (Wildman–Crippen MR) is 146 cm³/mol. The zero-order valence-corrected chi connectivity index (χ0v) is 24.6. The van der Waals surface area contributed by atoms with Crippen LogP contribution < -0.4 is 16.4 Å². The SMILES string of the molecule is CCOC(=O)CCNC(=O)C(c1ccc(C)cc1C)N(C(=O)C(CC(N)=O)NC(=O)OC(C)(C)C)C(C)(C)C. The second-order valence-electron chi connectivity index (χ2n) is 11.4. The number of primary amides is 1. The van der Waals surface area contributed by atoms with Crippen molar-refractivity contribution in [3.8, 4) is 0 Å². The lowest BCUT2D eigenvalue weighted by atomic mass is 9.92. The van der Waals surface area contributed by atoms with E-state index >= 15 is 0 Å². The molecule has 0 aliphatic heterocycles. The number of esters is 1. The van der Waals surface area contributed by atoms with Crippen LogP contribution in [-0.2, 0) is 28.7 Å². The van der Waals surface area contributed by atoms with Gasteiger partial charge in [-0.25, -0.2) is 4.79 Å². The summed E-state index contributed by atoms with van der Waals surface area (Å²) in [6.07, 6.45) is -1.46. The molecule has 1 aromatic rings. The third-order valence-electron chi connectivity index (χ3n) is 5.51. The number of rotatable bonds is 11. The highest BCUT2D eigenvalue weighted by Gasteiger charge is 2.42. The van der Waals surface area contributed by atoms with Gasteiger partial charge in [-0.1, -0.05) is 23.8 Å². The minimum absolute atomic E-state index is 0.00782. The molecule has 11 nitrogen and oxygen atoms in total. The Morgan fingerprint density at radius 3 is 2.13 bits per heavy atom. The zero-order chi connectivity index (χ0) is 30.1. The number of hydrogen-bond acceptors (Lipinski definition) is 7. The van der Waals surface area contributed by atoms with Crippen molar-refractivity contribution in [2.75, 3.05) is 13.2 Å². The molecular weight excluding hydrogens is 504 g/mol. The third-order valence-corrected chi connectivity index (χ3v) is 5.51. The number of ether oxygens (including phenoxy) is 2. The fourth-order valence-electron chi connectivity index (χ4n) is 4.01. The second kappa shape index (κ2) is 14.0. The van der Waals surface area contributed by atoms with Crippen LogP contribution in [0.4, 0.5) is 4.79 Å². The first-order valence-electron chi connectivity index (χ1n) is 13.0. The maximum atomic E-state index is 14.1. The molecule has 218 valence electrons. The van der Waals surface area contributed by atoms with Crippen LogP contribution in [0.5, 0.6) is 0 Å². The number of carbonyl (C=O) groups is 5. The number of nitrogens with two attached hydrogens (primary N) is 1. The van der Waals surface area contributed by atoms with Gasteiger partial charge in [-0.05, 0) is 73.4 Å². The second-order valence-corrected chi connectivity index (χ2v) is 11.4. The first-order valence-corrected chi connectivity index (χ1v) is 13.0. The van der Waals surface area contributed by atoms with E-state index in [4.69, 9.17) is 15.2 Å². The Balaban J connectivity index is 3.56. The van der Waals surface area contributed by atoms with Crippen LogP contribution in [0.1, 0.15) is 84.0 Å². The lowest BCUT2D eigenvalue weighted by molar-refractivity contribution is -0.149. The van der Waals surface area contributed by atoms with E-state index in [0.29, 0.717) is 5.56 Å². The van der Waals surface area contributed by atoms with E-state index < -0.39 is 59.4 Å². The summed E-state index contributed by atoms with van der Waals surface area (Å²) >= 11 is 0. The molecule has 0 heterocycles. The summed E-state index contributed by atoms with van der Waals surface area (Å²) in [6, 6.07) is 2.93. The molecule has 11 heteroatoms. The summed E-state index contributed by atoms with van der Waals surface area (Å²) in [7, 11) is 0. The van der Waals surface area contributed by atoms with Crippen molar-refractivity contribution in [2.24, 2.45) is 5.73 Å². The van der Waals surface area contributed by atoms with Gasteiger partial charge in [-0.3, -0.25) is 19.2 Å². The number of hydrogen-bond donors (Lipinski definition) is 3. The molecule has 0 bridgehead atoms. The van der Waals surface area contributed by atoms with E-state index in [2.05, 4.69) is 10.6 Å². The van der Waals surface area contributed by atoms with Crippen molar-refractivity contribution in [1.82, 2.24) is 15.5 Å². The predicted octanol–water partition coefficient (Wildman–Crippen LogP) is 2.81. The highest BCUT2D eigenvalue weighted by Crippen LogP contribution is 2.32. The maximum Gasteiger partial charge on any atom is 0.408 e. The van der Waals surface area contributed by atoms with Gasteiger partial charge in [0.25, 0.3) is 0 Å². The van der Waals surface area contributed by atoms with Crippen LogP contribution in [0.2, 0.25) is 0 Å². The Morgan fingerprint density at radius 2 is 1.64 bits per heavy atom. The average molecular weight is 549 g/mol. The normalized spacial score (nSPS) is 13.1. The van der Waals surface area contributed by atoms with E-state index in [0.717, 1.165) is 11.1 Å². The molecule has 4 N–H and O–H groups in total. The molecule has 0 aliphatic rings. The number of nitrogens with zero attached hydrogens (tertiary/aromatic N) is 1.